The first-order valence-electron chi connectivity index (χ1n) is 8.79. The predicted molar refractivity (Wildman–Crippen MR) is 98.5 cm³/mol. The van der Waals surface area contributed by atoms with Gasteiger partial charge in [-0.3, -0.25) is 19.2 Å². The summed E-state index contributed by atoms with van der Waals surface area (Å²) < 4.78 is 8.61. The molecule has 4 heterocycles. The third-order valence-corrected chi connectivity index (χ3v) is 4.96. The van der Waals surface area contributed by atoms with Crippen LogP contribution >= 0.6 is 0 Å². The molecule has 0 saturated carbocycles. The van der Waals surface area contributed by atoms with Gasteiger partial charge in [0, 0.05) is 31.4 Å². The van der Waals surface area contributed by atoms with Crippen molar-refractivity contribution in [2.45, 2.75) is 18.9 Å². The van der Waals surface area contributed by atoms with Crippen LogP contribution in [0.2, 0.25) is 0 Å². The zero-order valence-electron chi connectivity index (χ0n) is 14.6. The molecule has 1 aliphatic heterocycles. The summed E-state index contributed by atoms with van der Waals surface area (Å²) in [6.07, 6.45) is 4.51. The van der Waals surface area contributed by atoms with Gasteiger partial charge in [0.25, 0.3) is 5.69 Å². The van der Waals surface area contributed by atoms with Gasteiger partial charge < -0.3 is 9.72 Å². The number of nitro groups is 1. The van der Waals surface area contributed by atoms with Crippen molar-refractivity contribution in [3.8, 4) is 5.95 Å². The van der Waals surface area contributed by atoms with Crippen molar-refractivity contribution in [2.75, 3.05) is 13.2 Å². The van der Waals surface area contributed by atoms with E-state index < -0.39 is 4.92 Å². The van der Waals surface area contributed by atoms with Crippen LogP contribution in [0.15, 0.2) is 35.5 Å². The average molecular weight is 381 g/mol. The lowest BCUT2D eigenvalue weighted by atomic mass is 10.1. The fourth-order valence-corrected chi connectivity index (χ4v) is 3.57. The van der Waals surface area contributed by atoms with E-state index in [-0.39, 0.29) is 23.4 Å². The van der Waals surface area contributed by atoms with Gasteiger partial charge in [-0.25, -0.2) is 14.8 Å². The van der Waals surface area contributed by atoms with Crippen molar-refractivity contribution in [3.05, 3.63) is 51.3 Å². The summed E-state index contributed by atoms with van der Waals surface area (Å²) in [6, 6.07) is 4.41. The second-order valence-electron chi connectivity index (χ2n) is 6.60. The summed E-state index contributed by atoms with van der Waals surface area (Å²) in [6.45, 7) is 1.19. The number of ether oxygens (including phenoxy) is 1. The van der Waals surface area contributed by atoms with Gasteiger partial charge in [-0.2, -0.15) is 4.98 Å². The smallest absolute Gasteiger partial charge is 0.327 e. The van der Waals surface area contributed by atoms with E-state index in [1.54, 1.807) is 15.2 Å². The van der Waals surface area contributed by atoms with Crippen molar-refractivity contribution < 1.29 is 9.66 Å². The van der Waals surface area contributed by atoms with E-state index in [0.29, 0.717) is 35.4 Å². The minimum atomic E-state index is -0.463. The molecule has 1 aliphatic rings. The molecule has 0 amide bonds. The Kier molecular flexibility index (Phi) is 3.69. The van der Waals surface area contributed by atoms with Crippen molar-refractivity contribution in [1.29, 1.82) is 0 Å². The third-order valence-electron chi connectivity index (χ3n) is 4.96. The number of hydrogen-bond donors (Lipinski definition) is 1. The van der Waals surface area contributed by atoms with Gasteiger partial charge in [0.05, 0.1) is 22.2 Å². The van der Waals surface area contributed by atoms with E-state index in [9.17, 15) is 14.9 Å². The molecule has 1 N–H and O–H groups in total. The molecule has 142 valence electrons. The van der Waals surface area contributed by atoms with Crippen molar-refractivity contribution in [2.24, 2.45) is 0 Å². The van der Waals surface area contributed by atoms with Gasteiger partial charge >= 0.3 is 5.69 Å². The Labute approximate surface area is 156 Å². The number of fused-ring (bicyclic) bond motifs is 2. The van der Waals surface area contributed by atoms with Gasteiger partial charge in [0.1, 0.15) is 11.8 Å². The number of nitrogens with zero attached hydrogens (tertiary/aromatic N) is 6. The van der Waals surface area contributed by atoms with E-state index >= 15 is 0 Å². The molecule has 28 heavy (non-hydrogen) atoms. The molecule has 0 bridgehead atoms. The molecule has 0 spiro atoms. The molecule has 0 atom stereocenters. The van der Waals surface area contributed by atoms with E-state index in [4.69, 9.17) is 4.74 Å². The standard InChI is InChI=1S/C17H15N7O4/c25-17-20-13-8-18-16(21-15(13)23(17)10-3-5-28-6-4-10)22-9-19-12-2-1-11(24(26)27)7-14(12)22/h1-2,7-10H,3-6H2,(H,20,25). The Balaban J connectivity index is 1.68. The number of aromatic nitrogens is 6. The van der Waals surface area contributed by atoms with E-state index in [1.165, 1.54) is 24.7 Å². The minimum absolute atomic E-state index is 0.00151. The Bertz CT molecular complexity index is 1270. The SMILES string of the molecule is O=c1[nH]c2cnc(-n3cnc4ccc([N+](=O)[O-])cc43)nc2n1C1CCOCC1. The Morgan fingerprint density at radius 3 is 2.86 bits per heavy atom. The highest BCUT2D eigenvalue weighted by molar-refractivity contribution is 5.80. The first kappa shape index (κ1) is 16.6. The van der Waals surface area contributed by atoms with Gasteiger partial charge in [-0.05, 0) is 18.9 Å². The number of nitro benzene ring substituents is 1. The van der Waals surface area contributed by atoms with Gasteiger partial charge in [0.2, 0.25) is 5.95 Å². The number of H-pyrrole nitrogens is 1. The predicted octanol–water partition coefficient (Wildman–Crippen LogP) is 1.72. The van der Waals surface area contributed by atoms with E-state index in [0.717, 1.165) is 12.8 Å². The zero-order chi connectivity index (χ0) is 19.3. The monoisotopic (exact) mass is 381 g/mol. The number of non-ortho nitro benzene ring substituents is 1. The normalized spacial score (nSPS) is 15.4. The van der Waals surface area contributed by atoms with Crippen LogP contribution in [0.3, 0.4) is 0 Å². The molecule has 1 fully saturated rings. The molecule has 1 aromatic carbocycles. The van der Waals surface area contributed by atoms with Crippen molar-refractivity contribution in [3.63, 3.8) is 0 Å². The second kappa shape index (κ2) is 6.23. The second-order valence-corrected chi connectivity index (χ2v) is 6.60. The topological polar surface area (TPSA) is 134 Å². The van der Waals surface area contributed by atoms with Crippen LogP contribution in [0.25, 0.3) is 28.1 Å². The molecule has 0 unspecified atom stereocenters. The highest BCUT2D eigenvalue weighted by atomic mass is 16.6. The van der Waals surface area contributed by atoms with Crippen LogP contribution in [0.4, 0.5) is 5.69 Å². The van der Waals surface area contributed by atoms with Crippen LogP contribution in [0, 0.1) is 10.1 Å². The Hall–Kier alpha value is -3.60. The number of aromatic amines is 1. The Morgan fingerprint density at radius 2 is 2.07 bits per heavy atom. The molecular weight excluding hydrogens is 366 g/mol. The fourth-order valence-electron chi connectivity index (χ4n) is 3.57. The quantitative estimate of drug-likeness (QED) is 0.422. The lowest BCUT2D eigenvalue weighted by Gasteiger charge is -2.22. The molecule has 3 aromatic heterocycles. The number of imidazole rings is 2. The van der Waals surface area contributed by atoms with Gasteiger partial charge in [-0.1, -0.05) is 0 Å². The summed E-state index contributed by atoms with van der Waals surface area (Å²) in [5.41, 5.74) is 1.86. The van der Waals surface area contributed by atoms with E-state index in [1.807, 2.05) is 0 Å². The van der Waals surface area contributed by atoms with Crippen LogP contribution in [0.5, 0.6) is 0 Å². The number of nitrogens with one attached hydrogen (secondary N) is 1. The lowest BCUT2D eigenvalue weighted by Crippen LogP contribution is -2.27. The highest BCUT2D eigenvalue weighted by Crippen LogP contribution is 2.25. The molecule has 4 aromatic rings. The first-order valence-corrected chi connectivity index (χ1v) is 8.79. The summed E-state index contributed by atoms with van der Waals surface area (Å²) in [7, 11) is 0. The number of hydrogen-bond acceptors (Lipinski definition) is 7. The van der Waals surface area contributed by atoms with Crippen LogP contribution in [-0.4, -0.2) is 47.2 Å². The number of rotatable bonds is 3. The Morgan fingerprint density at radius 1 is 1.25 bits per heavy atom. The average Bonchev–Trinajstić information content (AvgIpc) is 3.27. The first-order chi connectivity index (χ1) is 13.6. The van der Waals surface area contributed by atoms with Crippen LogP contribution < -0.4 is 5.69 Å². The maximum absolute atomic E-state index is 12.5. The van der Waals surface area contributed by atoms with Crippen LogP contribution in [-0.2, 0) is 4.74 Å². The molecule has 5 rings (SSSR count). The summed E-state index contributed by atoms with van der Waals surface area (Å²) in [4.78, 5) is 39.0. The largest absolute Gasteiger partial charge is 0.381 e. The van der Waals surface area contributed by atoms with Gasteiger partial charge in [0.15, 0.2) is 5.65 Å². The molecule has 11 heteroatoms. The van der Waals surface area contributed by atoms with Gasteiger partial charge in [-0.15, -0.1) is 0 Å². The summed E-state index contributed by atoms with van der Waals surface area (Å²) in [5.74, 6) is 0.287. The lowest BCUT2D eigenvalue weighted by molar-refractivity contribution is -0.384. The number of benzene rings is 1. The van der Waals surface area contributed by atoms with Crippen molar-refractivity contribution >= 4 is 27.9 Å². The maximum Gasteiger partial charge on any atom is 0.327 e. The molecule has 0 radical (unpaired) electrons. The van der Waals surface area contributed by atoms with Crippen LogP contribution in [0.1, 0.15) is 18.9 Å². The van der Waals surface area contributed by atoms with E-state index in [2.05, 4.69) is 19.9 Å². The minimum Gasteiger partial charge on any atom is -0.381 e. The zero-order valence-corrected chi connectivity index (χ0v) is 14.6. The molecule has 1 saturated heterocycles. The maximum atomic E-state index is 12.5. The third kappa shape index (κ3) is 2.55. The molecule has 0 aliphatic carbocycles. The summed E-state index contributed by atoms with van der Waals surface area (Å²) >= 11 is 0. The fraction of sp³-hybridized carbons (Fsp3) is 0.294. The summed E-state index contributed by atoms with van der Waals surface area (Å²) in [5, 5.41) is 11.1. The molecule has 11 nitrogen and oxygen atoms in total. The molecular formula is C17H15N7O4. The highest BCUT2D eigenvalue weighted by Gasteiger charge is 2.22. The van der Waals surface area contributed by atoms with Crippen molar-refractivity contribution in [1.82, 2.24) is 29.1 Å².